The van der Waals surface area contributed by atoms with Crippen molar-refractivity contribution in [1.29, 1.82) is 0 Å². The van der Waals surface area contributed by atoms with Gasteiger partial charge >= 0.3 is 0 Å². The Hall–Kier alpha value is -3.54. The molecule has 6 nitrogen and oxygen atoms in total. The normalized spacial score (nSPS) is 13.1. The lowest BCUT2D eigenvalue weighted by atomic mass is 9.97. The third kappa shape index (κ3) is 4.38. The molecule has 0 spiro atoms. The van der Waals surface area contributed by atoms with Gasteiger partial charge in [0.15, 0.2) is 6.61 Å². The van der Waals surface area contributed by atoms with Crippen molar-refractivity contribution in [2.75, 3.05) is 13.2 Å². The highest BCUT2D eigenvalue weighted by Gasteiger charge is 2.27. The van der Waals surface area contributed by atoms with E-state index in [-0.39, 0.29) is 18.4 Å². The molecule has 1 aliphatic rings. The molecule has 0 saturated heterocycles. The van der Waals surface area contributed by atoms with Crippen molar-refractivity contribution < 1.29 is 18.7 Å². The van der Waals surface area contributed by atoms with E-state index < -0.39 is 0 Å². The molecule has 0 fully saturated rings. The van der Waals surface area contributed by atoms with E-state index in [1.807, 2.05) is 29.2 Å². The number of benzene rings is 2. The molecule has 0 radical (unpaired) electrons. The highest BCUT2D eigenvalue weighted by molar-refractivity contribution is 5.97. The lowest BCUT2D eigenvalue weighted by molar-refractivity contribution is -0.123. The zero-order valence-electron chi connectivity index (χ0n) is 16.9. The molecule has 0 bridgehead atoms. The standard InChI is InChI=1S/C24H24N2O4/c1-17-6-2-3-7-18(17)15-26-12-11-20-21(24(26)28)9-4-10-22(20)30-16-23(27)25-14-19-8-5-13-29-19/h2-10,13H,11-12,14-16H2,1H3,(H,25,27). The number of fused-ring (bicyclic) bond motifs is 1. The molecule has 0 aliphatic carbocycles. The van der Waals surface area contributed by atoms with Crippen molar-refractivity contribution in [2.24, 2.45) is 0 Å². The molecule has 0 saturated carbocycles. The van der Waals surface area contributed by atoms with Crippen LogP contribution in [0.4, 0.5) is 0 Å². The second-order valence-corrected chi connectivity index (χ2v) is 7.33. The first-order valence-corrected chi connectivity index (χ1v) is 9.99. The smallest absolute Gasteiger partial charge is 0.258 e. The maximum absolute atomic E-state index is 13.0. The van der Waals surface area contributed by atoms with Crippen LogP contribution in [-0.4, -0.2) is 29.9 Å². The Morgan fingerprint density at radius 1 is 1.13 bits per heavy atom. The van der Waals surface area contributed by atoms with Gasteiger partial charge in [0.1, 0.15) is 11.5 Å². The summed E-state index contributed by atoms with van der Waals surface area (Å²) >= 11 is 0. The van der Waals surface area contributed by atoms with Crippen LogP contribution in [0.25, 0.3) is 0 Å². The maximum atomic E-state index is 13.0. The van der Waals surface area contributed by atoms with E-state index in [1.54, 1.807) is 24.5 Å². The molecule has 1 aliphatic heterocycles. The predicted octanol–water partition coefficient (Wildman–Crippen LogP) is 3.48. The van der Waals surface area contributed by atoms with Crippen LogP contribution in [0.3, 0.4) is 0 Å². The van der Waals surface area contributed by atoms with Gasteiger partial charge < -0.3 is 19.4 Å². The van der Waals surface area contributed by atoms with Crippen molar-refractivity contribution in [3.05, 3.63) is 88.9 Å². The molecule has 0 atom stereocenters. The Morgan fingerprint density at radius 2 is 2.00 bits per heavy atom. The van der Waals surface area contributed by atoms with E-state index in [0.29, 0.717) is 43.1 Å². The SMILES string of the molecule is Cc1ccccc1CN1CCc2c(OCC(=O)NCc3ccco3)cccc2C1=O. The molecule has 3 aromatic rings. The Labute approximate surface area is 175 Å². The van der Waals surface area contributed by atoms with E-state index in [2.05, 4.69) is 24.4 Å². The summed E-state index contributed by atoms with van der Waals surface area (Å²) < 4.78 is 10.9. The summed E-state index contributed by atoms with van der Waals surface area (Å²) in [5.74, 6) is 1.02. The summed E-state index contributed by atoms with van der Waals surface area (Å²) in [5, 5.41) is 2.75. The third-order valence-corrected chi connectivity index (χ3v) is 5.30. The minimum Gasteiger partial charge on any atom is -0.483 e. The fraction of sp³-hybridized carbons (Fsp3) is 0.250. The molecule has 0 unspecified atom stereocenters. The third-order valence-electron chi connectivity index (χ3n) is 5.30. The van der Waals surface area contributed by atoms with Gasteiger partial charge in [0.2, 0.25) is 0 Å². The minimum atomic E-state index is -0.243. The van der Waals surface area contributed by atoms with Gasteiger partial charge in [-0.05, 0) is 48.7 Å². The second kappa shape index (κ2) is 8.86. The van der Waals surface area contributed by atoms with E-state index in [4.69, 9.17) is 9.15 Å². The van der Waals surface area contributed by atoms with Gasteiger partial charge in [-0.15, -0.1) is 0 Å². The first kappa shape index (κ1) is 19.8. The van der Waals surface area contributed by atoms with Gasteiger partial charge in [0.05, 0.1) is 12.8 Å². The number of ether oxygens (including phenoxy) is 1. The number of amides is 2. The second-order valence-electron chi connectivity index (χ2n) is 7.33. The highest BCUT2D eigenvalue weighted by atomic mass is 16.5. The van der Waals surface area contributed by atoms with Crippen LogP contribution in [0.5, 0.6) is 5.75 Å². The number of rotatable bonds is 7. The van der Waals surface area contributed by atoms with E-state index in [0.717, 1.165) is 11.1 Å². The molecule has 30 heavy (non-hydrogen) atoms. The maximum Gasteiger partial charge on any atom is 0.258 e. The summed E-state index contributed by atoms with van der Waals surface area (Å²) in [7, 11) is 0. The molecular weight excluding hydrogens is 380 g/mol. The predicted molar refractivity (Wildman–Crippen MR) is 112 cm³/mol. The lowest BCUT2D eigenvalue weighted by Gasteiger charge is -2.30. The minimum absolute atomic E-state index is 0.00720. The lowest BCUT2D eigenvalue weighted by Crippen LogP contribution is -2.37. The average Bonchev–Trinajstić information content (AvgIpc) is 3.28. The van der Waals surface area contributed by atoms with Gasteiger partial charge in [-0.3, -0.25) is 9.59 Å². The summed E-state index contributed by atoms with van der Waals surface area (Å²) in [5.41, 5.74) is 3.83. The van der Waals surface area contributed by atoms with Crippen LogP contribution in [0.1, 0.15) is 32.8 Å². The number of carbonyl (C=O) groups excluding carboxylic acids is 2. The molecule has 2 aromatic carbocycles. The summed E-state index contributed by atoms with van der Waals surface area (Å²) in [6.45, 7) is 3.46. The van der Waals surface area contributed by atoms with Crippen molar-refractivity contribution in [1.82, 2.24) is 10.2 Å². The topological polar surface area (TPSA) is 71.8 Å². The molecule has 6 heteroatoms. The first-order valence-electron chi connectivity index (χ1n) is 9.99. The quantitative estimate of drug-likeness (QED) is 0.654. The summed E-state index contributed by atoms with van der Waals surface area (Å²) in [4.78, 5) is 27.0. The first-order chi connectivity index (χ1) is 14.6. The fourth-order valence-electron chi connectivity index (χ4n) is 3.61. The highest BCUT2D eigenvalue weighted by Crippen LogP contribution is 2.29. The van der Waals surface area contributed by atoms with Crippen LogP contribution in [-0.2, 0) is 24.3 Å². The molecule has 2 heterocycles. The van der Waals surface area contributed by atoms with Crippen molar-refractivity contribution in [3.8, 4) is 5.75 Å². The number of aryl methyl sites for hydroxylation is 1. The Kier molecular flexibility index (Phi) is 5.84. The van der Waals surface area contributed by atoms with Crippen LogP contribution >= 0.6 is 0 Å². The Bertz CT molecular complexity index is 1040. The van der Waals surface area contributed by atoms with Crippen molar-refractivity contribution in [3.63, 3.8) is 0 Å². The number of hydrogen-bond donors (Lipinski definition) is 1. The van der Waals surface area contributed by atoms with Crippen LogP contribution < -0.4 is 10.1 Å². The van der Waals surface area contributed by atoms with Crippen LogP contribution in [0.15, 0.2) is 65.3 Å². The van der Waals surface area contributed by atoms with Crippen molar-refractivity contribution >= 4 is 11.8 Å². The van der Waals surface area contributed by atoms with Crippen molar-refractivity contribution in [2.45, 2.75) is 26.4 Å². The number of nitrogens with zero attached hydrogens (tertiary/aromatic N) is 1. The van der Waals surface area contributed by atoms with Crippen LogP contribution in [0, 0.1) is 6.92 Å². The Balaban J connectivity index is 1.40. The number of carbonyl (C=O) groups is 2. The molecule has 1 aromatic heterocycles. The van der Waals surface area contributed by atoms with E-state index in [1.165, 1.54) is 5.56 Å². The number of furan rings is 1. The molecule has 1 N–H and O–H groups in total. The van der Waals surface area contributed by atoms with E-state index in [9.17, 15) is 9.59 Å². The average molecular weight is 404 g/mol. The van der Waals surface area contributed by atoms with Gasteiger partial charge in [-0.25, -0.2) is 0 Å². The van der Waals surface area contributed by atoms with E-state index >= 15 is 0 Å². The molecule has 4 rings (SSSR count). The summed E-state index contributed by atoms with van der Waals surface area (Å²) in [6, 6.07) is 17.1. The zero-order valence-corrected chi connectivity index (χ0v) is 16.9. The Morgan fingerprint density at radius 3 is 2.80 bits per heavy atom. The van der Waals surface area contributed by atoms with Gasteiger partial charge in [0, 0.05) is 24.2 Å². The molecular formula is C24H24N2O4. The largest absolute Gasteiger partial charge is 0.483 e. The molecule has 2 amide bonds. The number of hydrogen-bond acceptors (Lipinski definition) is 4. The molecule has 154 valence electrons. The monoisotopic (exact) mass is 404 g/mol. The van der Waals surface area contributed by atoms with Crippen LogP contribution in [0.2, 0.25) is 0 Å². The summed E-state index contributed by atoms with van der Waals surface area (Å²) in [6.07, 6.45) is 2.25. The van der Waals surface area contributed by atoms with Gasteiger partial charge in [0.25, 0.3) is 11.8 Å². The fourth-order valence-corrected chi connectivity index (χ4v) is 3.61. The number of nitrogens with one attached hydrogen (secondary N) is 1. The van der Waals surface area contributed by atoms with Gasteiger partial charge in [-0.1, -0.05) is 30.3 Å². The zero-order chi connectivity index (χ0) is 20.9. The van der Waals surface area contributed by atoms with Gasteiger partial charge in [-0.2, -0.15) is 0 Å².